The fourth-order valence-electron chi connectivity index (χ4n) is 5.51. The molecule has 8 nitrogen and oxygen atoms in total. The van der Waals surface area contributed by atoms with E-state index in [1.54, 1.807) is 0 Å². The second-order valence-electron chi connectivity index (χ2n) is 10.2. The number of hydrogen-bond acceptors (Lipinski definition) is 8. The molecule has 8 heteroatoms. The van der Waals surface area contributed by atoms with Crippen LogP contribution in [-0.2, 0) is 19.2 Å². The Labute approximate surface area is 212 Å². The Morgan fingerprint density at radius 3 is 1.31 bits per heavy atom. The fourth-order valence-corrected chi connectivity index (χ4v) is 5.51. The molecule has 3 aliphatic carbocycles. The predicted octanol–water partition coefficient (Wildman–Crippen LogP) is 5.68. The van der Waals surface area contributed by atoms with Crippen LogP contribution in [0.1, 0.15) is 96.3 Å². The van der Waals surface area contributed by atoms with Crippen molar-refractivity contribution in [2.75, 3.05) is 0 Å². The summed E-state index contributed by atoms with van der Waals surface area (Å²) in [6.07, 6.45) is 13.3. The maximum absolute atomic E-state index is 13.1. The van der Waals surface area contributed by atoms with E-state index in [2.05, 4.69) is 0 Å². The first-order valence-electron chi connectivity index (χ1n) is 13.5. The molecule has 4 rings (SSSR count). The molecule has 0 aliphatic heterocycles. The molecule has 3 fully saturated rings. The van der Waals surface area contributed by atoms with Crippen molar-refractivity contribution in [3.63, 3.8) is 0 Å². The molecule has 0 amide bonds. The van der Waals surface area contributed by atoms with Gasteiger partial charge in [0.15, 0.2) is 11.5 Å². The molecule has 0 unspecified atom stereocenters. The van der Waals surface area contributed by atoms with Crippen molar-refractivity contribution >= 4 is 24.4 Å². The number of esters is 3. The van der Waals surface area contributed by atoms with E-state index >= 15 is 0 Å². The number of carbonyl (C=O) groups excluding carboxylic acids is 4. The van der Waals surface area contributed by atoms with Crippen molar-refractivity contribution in [2.24, 2.45) is 17.8 Å². The molecule has 1 aromatic carbocycles. The molecule has 0 spiro atoms. The Hall–Kier alpha value is -2.90. The Bertz CT molecular complexity index is 884. The molecule has 0 saturated heterocycles. The van der Waals surface area contributed by atoms with Crippen molar-refractivity contribution in [1.82, 2.24) is 0 Å². The number of benzene rings is 1. The van der Waals surface area contributed by atoms with Gasteiger partial charge in [-0.15, -0.1) is 0 Å². The molecule has 0 N–H and O–H groups in total. The Morgan fingerprint density at radius 1 is 0.583 bits per heavy atom. The maximum atomic E-state index is 13.1. The molecule has 0 aromatic heterocycles. The van der Waals surface area contributed by atoms with Gasteiger partial charge in [0.1, 0.15) is 5.75 Å². The molecule has 1 aromatic rings. The molecule has 3 aliphatic rings. The highest BCUT2D eigenvalue weighted by atomic mass is 16.6. The summed E-state index contributed by atoms with van der Waals surface area (Å²) >= 11 is 0. The van der Waals surface area contributed by atoms with E-state index < -0.39 is 17.9 Å². The van der Waals surface area contributed by atoms with Gasteiger partial charge < -0.3 is 18.9 Å². The fraction of sp³-hybridized carbons (Fsp3) is 0.643. The van der Waals surface area contributed by atoms with Crippen LogP contribution < -0.4 is 18.9 Å². The van der Waals surface area contributed by atoms with Crippen LogP contribution >= 0.6 is 0 Å². The van der Waals surface area contributed by atoms with Crippen molar-refractivity contribution in [3.05, 3.63) is 12.1 Å². The zero-order valence-electron chi connectivity index (χ0n) is 20.8. The van der Waals surface area contributed by atoms with E-state index in [0.29, 0.717) is 0 Å². The lowest BCUT2D eigenvalue weighted by atomic mass is 9.89. The Morgan fingerprint density at radius 2 is 0.944 bits per heavy atom. The van der Waals surface area contributed by atoms with Crippen LogP contribution in [0.25, 0.3) is 0 Å². The van der Waals surface area contributed by atoms with Gasteiger partial charge in [-0.1, -0.05) is 57.8 Å². The van der Waals surface area contributed by atoms with Crippen molar-refractivity contribution in [1.29, 1.82) is 0 Å². The molecular weight excluding hydrogens is 464 g/mol. The summed E-state index contributed by atoms with van der Waals surface area (Å²) in [5, 5.41) is 0. The van der Waals surface area contributed by atoms with E-state index in [4.69, 9.17) is 18.9 Å². The summed E-state index contributed by atoms with van der Waals surface area (Å²) in [5.41, 5.74) is 0. The quantitative estimate of drug-likeness (QED) is 0.255. The molecule has 0 radical (unpaired) electrons. The maximum Gasteiger partial charge on any atom is 0.314 e. The summed E-state index contributed by atoms with van der Waals surface area (Å²) in [6, 6.07) is 2.66. The van der Waals surface area contributed by atoms with Gasteiger partial charge >= 0.3 is 17.9 Å². The lowest BCUT2D eigenvalue weighted by molar-refractivity contribution is -0.143. The number of carbonyl (C=O) groups is 4. The van der Waals surface area contributed by atoms with Gasteiger partial charge in [-0.2, -0.15) is 0 Å². The molecular formula is C28H36O8. The zero-order chi connectivity index (χ0) is 25.3. The normalized spacial score (nSPS) is 19.8. The van der Waals surface area contributed by atoms with Crippen LogP contribution in [0.3, 0.4) is 0 Å². The average Bonchev–Trinajstić information content (AvgIpc) is 2.92. The van der Waals surface area contributed by atoms with Gasteiger partial charge in [0, 0.05) is 12.1 Å². The van der Waals surface area contributed by atoms with Crippen LogP contribution in [0.5, 0.6) is 23.0 Å². The van der Waals surface area contributed by atoms with Crippen LogP contribution in [0, 0.1) is 17.8 Å². The van der Waals surface area contributed by atoms with Crippen LogP contribution in [0.15, 0.2) is 12.1 Å². The minimum atomic E-state index is -0.441. The first-order valence-corrected chi connectivity index (χ1v) is 13.5. The van der Waals surface area contributed by atoms with Crippen molar-refractivity contribution in [3.8, 4) is 23.0 Å². The van der Waals surface area contributed by atoms with E-state index in [1.807, 2.05) is 0 Å². The number of rotatable bonds is 8. The minimum absolute atomic E-state index is 0.0281. The second kappa shape index (κ2) is 12.9. The summed E-state index contributed by atoms with van der Waals surface area (Å²) in [4.78, 5) is 50.1. The van der Waals surface area contributed by atoms with Crippen molar-refractivity contribution < 1.29 is 38.1 Å². The van der Waals surface area contributed by atoms with Gasteiger partial charge in [0.05, 0.1) is 17.8 Å². The Kier molecular flexibility index (Phi) is 9.36. The largest absolute Gasteiger partial charge is 0.428 e. The number of hydrogen-bond donors (Lipinski definition) is 0. The first kappa shape index (κ1) is 26.2. The first-order chi connectivity index (χ1) is 17.5. The van der Waals surface area contributed by atoms with Crippen LogP contribution in [0.4, 0.5) is 0 Å². The zero-order valence-corrected chi connectivity index (χ0v) is 20.8. The molecule has 0 atom stereocenters. The third-order valence-electron chi connectivity index (χ3n) is 7.62. The standard InChI is InChI=1S/C28H36O8/c29-18-33-22-16-23(34-26(30)19-10-4-1-5-11-19)25(36-28(32)21-14-8-3-9-15-21)24(17-22)35-27(31)20-12-6-2-7-13-20/h16-21H,1-15H2. The highest BCUT2D eigenvalue weighted by molar-refractivity contribution is 5.82. The lowest BCUT2D eigenvalue weighted by Gasteiger charge is -2.24. The smallest absolute Gasteiger partial charge is 0.314 e. The SMILES string of the molecule is O=COc1cc(OC(=O)C2CCCCC2)c(OC(=O)C2CCCCC2)c(OC(=O)C2CCCCC2)c1. The van der Waals surface area contributed by atoms with Gasteiger partial charge in [0.2, 0.25) is 5.75 Å². The molecule has 0 heterocycles. The second-order valence-corrected chi connectivity index (χ2v) is 10.2. The summed E-state index contributed by atoms with van der Waals surface area (Å²) < 4.78 is 22.3. The van der Waals surface area contributed by atoms with Gasteiger partial charge in [-0.3, -0.25) is 19.2 Å². The third kappa shape index (κ3) is 6.86. The van der Waals surface area contributed by atoms with Crippen LogP contribution in [0.2, 0.25) is 0 Å². The van der Waals surface area contributed by atoms with Crippen molar-refractivity contribution in [2.45, 2.75) is 96.3 Å². The van der Waals surface area contributed by atoms with Gasteiger partial charge in [0.25, 0.3) is 6.47 Å². The average molecular weight is 501 g/mol. The lowest BCUT2D eigenvalue weighted by Crippen LogP contribution is -2.26. The highest BCUT2D eigenvalue weighted by Gasteiger charge is 2.31. The van der Waals surface area contributed by atoms with Crippen LogP contribution in [-0.4, -0.2) is 24.4 Å². The van der Waals surface area contributed by atoms with Gasteiger partial charge in [-0.25, -0.2) is 0 Å². The Balaban J connectivity index is 1.64. The summed E-state index contributed by atoms with van der Waals surface area (Å²) in [5.74, 6) is -2.35. The molecule has 36 heavy (non-hydrogen) atoms. The minimum Gasteiger partial charge on any atom is -0.428 e. The monoisotopic (exact) mass is 500 g/mol. The number of ether oxygens (including phenoxy) is 4. The van der Waals surface area contributed by atoms with E-state index in [-0.39, 0.29) is 47.2 Å². The summed E-state index contributed by atoms with van der Waals surface area (Å²) in [7, 11) is 0. The van der Waals surface area contributed by atoms with E-state index in [1.165, 1.54) is 12.1 Å². The topological polar surface area (TPSA) is 105 Å². The van der Waals surface area contributed by atoms with E-state index in [9.17, 15) is 19.2 Å². The molecule has 196 valence electrons. The molecule has 3 saturated carbocycles. The molecule has 0 bridgehead atoms. The summed E-state index contributed by atoms with van der Waals surface area (Å²) in [6.45, 7) is 0.239. The van der Waals surface area contributed by atoms with E-state index in [0.717, 1.165) is 96.3 Å². The third-order valence-corrected chi connectivity index (χ3v) is 7.62. The predicted molar refractivity (Wildman–Crippen MR) is 130 cm³/mol. The highest BCUT2D eigenvalue weighted by Crippen LogP contribution is 2.44. The van der Waals surface area contributed by atoms with Gasteiger partial charge in [-0.05, 0) is 38.5 Å².